The van der Waals surface area contributed by atoms with Crippen molar-refractivity contribution in [2.24, 2.45) is 0 Å². The van der Waals surface area contributed by atoms with Gasteiger partial charge in [-0.05, 0) is 53.6 Å². The molecule has 0 aliphatic rings. The number of nitrogens with zero attached hydrogens (tertiary/aromatic N) is 2. The highest BCUT2D eigenvalue weighted by Gasteiger charge is 2.24. The van der Waals surface area contributed by atoms with Crippen molar-refractivity contribution < 1.29 is 24.0 Å². The summed E-state index contributed by atoms with van der Waals surface area (Å²) < 4.78 is 5.82. The predicted octanol–water partition coefficient (Wildman–Crippen LogP) is 4.11. The number of pyridine rings is 1. The monoisotopic (exact) mass is 574 g/mol. The van der Waals surface area contributed by atoms with Crippen LogP contribution in [0.25, 0.3) is 11.1 Å². The summed E-state index contributed by atoms with van der Waals surface area (Å²) in [5, 5.41) is 11.8. The first-order valence-corrected chi connectivity index (χ1v) is 12.5. The number of nitro groups is 1. The zero-order valence-electron chi connectivity index (χ0n) is 21.6. The van der Waals surface area contributed by atoms with Crippen molar-refractivity contribution in [3.8, 4) is 11.1 Å². The van der Waals surface area contributed by atoms with E-state index in [9.17, 15) is 29.3 Å². The van der Waals surface area contributed by atoms with Crippen molar-refractivity contribution in [2.75, 3.05) is 7.11 Å². The summed E-state index contributed by atoms with van der Waals surface area (Å²) in [4.78, 5) is 61.7. The minimum Gasteiger partial charge on any atom is -0.465 e. The lowest BCUT2D eigenvalue weighted by atomic mass is 10.0. The number of nitrogens with one attached hydrogen (secondary N) is 2. The van der Waals surface area contributed by atoms with Crippen LogP contribution in [0.4, 0.5) is 5.69 Å². The van der Waals surface area contributed by atoms with E-state index in [1.165, 1.54) is 72.5 Å². The molecule has 0 saturated heterocycles. The zero-order chi connectivity index (χ0) is 29.5. The van der Waals surface area contributed by atoms with Crippen molar-refractivity contribution in [1.82, 2.24) is 15.4 Å². The van der Waals surface area contributed by atoms with Crippen LogP contribution in [0.2, 0.25) is 5.02 Å². The van der Waals surface area contributed by atoms with Crippen molar-refractivity contribution in [2.45, 2.75) is 12.5 Å². The first-order valence-electron chi connectivity index (χ1n) is 12.2. The predicted molar refractivity (Wildman–Crippen MR) is 150 cm³/mol. The molecule has 208 valence electrons. The standard InChI is InChI=1S/C29H23ClN4O7/c1-41-29(38)20-9-7-19(8-10-20)27(36)31-32-28(37)25(15-18-5-3-2-4-6-18)33-14-13-21(16-26(33)35)23-17-22(30)11-12-24(23)34(39)40/h2-14,16-17,25H,15H2,1H3,(H,31,36)(H,32,37). The highest BCUT2D eigenvalue weighted by Crippen LogP contribution is 2.31. The number of methoxy groups -OCH3 is 1. The number of aromatic nitrogens is 1. The normalized spacial score (nSPS) is 11.3. The summed E-state index contributed by atoms with van der Waals surface area (Å²) >= 11 is 6.04. The molecule has 0 fully saturated rings. The first-order chi connectivity index (χ1) is 19.7. The van der Waals surface area contributed by atoms with Gasteiger partial charge in [-0.25, -0.2) is 4.79 Å². The third kappa shape index (κ3) is 6.84. The Labute approximate surface area is 238 Å². The van der Waals surface area contributed by atoms with Gasteiger partial charge in [0.2, 0.25) is 0 Å². The van der Waals surface area contributed by atoms with Gasteiger partial charge in [-0.2, -0.15) is 0 Å². The number of hydrogen-bond acceptors (Lipinski definition) is 7. The Morgan fingerprint density at radius 1 is 0.951 bits per heavy atom. The fraction of sp³-hybridized carbons (Fsp3) is 0.103. The highest BCUT2D eigenvalue weighted by molar-refractivity contribution is 6.31. The van der Waals surface area contributed by atoms with E-state index in [0.29, 0.717) is 0 Å². The number of hydrogen-bond donors (Lipinski definition) is 2. The molecule has 41 heavy (non-hydrogen) atoms. The van der Waals surface area contributed by atoms with Gasteiger partial charge in [0, 0.05) is 35.3 Å². The molecule has 1 unspecified atom stereocenters. The number of nitro benzene ring substituents is 1. The van der Waals surface area contributed by atoms with E-state index in [2.05, 4.69) is 15.6 Å². The second-order valence-electron chi connectivity index (χ2n) is 8.80. The van der Waals surface area contributed by atoms with Gasteiger partial charge < -0.3 is 9.30 Å². The average molecular weight is 575 g/mol. The van der Waals surface area contributed by atoms with Gasteiger partial charge in [0.05, 0.1) is 23.2 Å². The third-order valence-corrected chi connectivity index (χ3v) is 6.43. The van der Waals surface area contributed by atoms with Crippen molar-refractivity contribution >= 4 is 35.1 Å². The summed E-state index contributed by atoms with van der Waals surface area (Å²) in [5.74, 6) is -1.89. The Balaban J connectivity index is 1.60. The van der Waals surface area contributed by atoms with Crippen LogP contribution in [0.5, 0.6) is 0 Å². The molecule has 0 spiro atoms. The molecule has 1 atom stereocenters. The van der Waals surface area contributed by atoms with Gasteiger partial charge in [-0.1, -0.05) is 41.9 Å². The summed E-state index contributed by atoms with van der Waals surface area (Å²) in [6.45, 7) is 0. The van der Waals surface area contributed by atoms with E-state index in [0.717, 1.165) is 5.56 Å². The minimum absolute atomic E-state index is 0.104. The Morgan fingerprint density at radius 3 is 2.27 bits per heavy atom. The molecule has 0 aliphatic carbocycles. The van der Waals surface area contributed by atoms with Crippen LogP contribution < -0.4 is 16.4 Å². The topological polar surface area (TPSA) is 150 Å². The molecule has 12 heteroatoms. The number of benzene rings is 3. The maximum atomic E-state index is 13.3. The SMILES string of the molecule is COC(=O)c1ccc(C(=O)NNC(=O)C(Cc2ccccc2)n2ccc(-c3cc(Cl)ccc3[N+](=O)[O-])cc2=O)cc1. The lowest BCUT2D eigenvalue weighted by molar-refractivity contribution is -0.384. The third-order valence-electron chi connectivity index (χ3n) is 6.19. The van der Waals surface area contributed by atoms with Crippen molar-refractivity contribution in [1.29, 1.82) is 0 Å². The van der Waals surface area contributed by atoms with Gasteiger partial charge in [0.15, 0.2) is 0 Å². The average Bonchev–Trinajstić information content (AvgIpc) is 2.98. The number of amides is 2. The number of hydrazine groups is 1. The second kappa shape index (κ2) is 12.7. The Hall–Kier alpha value is -5.29. The van der Waals surface area contributed by atoms with Gasteiger partial charge in [0.25, 0.3) is 23.1 Å². The van der Waals surface area contributed by atoms with Gasteiger partial charge in [0.1, 0.15) is 6.04 Å². The fourth-order valence-electron chi connectivity index (χ4n) is 4.12. The van der Waals surface area contributed by atoms with Crippen LogP contribution in [-0.2, 0) is 16.0 Å². The number of halogens is 1. The molecule has 0 aliphatic heterocycles. The molecule has 0 saturated carbocycles. The quantitative estimate of drug-likeness (QED) is 0.183. The smallest absolute Gasteiger partial charge is 0.337 e. The summed E-state index contributed by atoms with van der Waals surface area (Å²) in [5.41, 5.74) is 5.42. The lowest BCUT2D eigenvalue weighted by Crippen LogP contribution is -2.47. The summed E-state index contributed by atoms with van der Waals surface area (Å²) in [6, 6.07) is 20.2. The molecule has 4 rings (SSSR count). The van der Waals surface area contributed by atoms with E-state index in [4.69, 9.17) is 11.6 Å². The van der Waals surface area contributed by atoms with Crippen LogP contribution in [0, 0.1) is 10.1 Å². The fourth-order valence-corrected chi connectivity index (χ4v) is 4.29. The van der Waals surface area contributed by atoms with E-state index < -0.39 is 34.3 Å². The Kier molecular flexibility index (Phi) is 8.90. The molecule has 0 radical (unpaired) electrons. The minimum atomic E-state index is -1.09. The maximum absolute atomic E-state index is 13.3. The molecule has 2 N–H and O–H groups in total. The first kappa shape index (κ1) is 28.7. The number of esters is 1. The molecule has 3 aromatic carbocycles. The number of carbonyl (C=O) groups is 3. The Bertz CT molecular complexity index is 1670. The van der Waals surface area contributed by atoms with E-state index in [1.807, 2.05) is 6.07 Å². The molecular weight excluding hydrogens is 552 g/mol. The summed E-state index contributed by atoms with van der Waals surface area (Å²) in [6.07, 6.45) is 1.47. The van der Waals surface area contributed by atoms with Crippen LogP contribution in [-0.4, -0.2) is 34.4 Å². The van der Waals surface area contributed by atoms with Crippen molar-refractivity contribution in [3.05, 3.63) is 133 Å². The molecule has 2 amide bonds. The highest BCUT2D eigenvalue weighted by atomic mass is 35.5. The molecule has 0 bridgehead atoms. The lowest BCUT2D eigenvalue weighted by Gasteiger charge is -2.20. The van der Waals surface area contributed by atoms with Crippen LogP contribution in [0.1, 0.15) is 32.3 Å². The van der Waals surface area contributed by atoms with Gasteiger partial charge >= 0.3 is 5.97 Å². The summed E-state index contributed by atoms with van der Waals surface area (Å²) in [7, 11) is 1.24. The van der Waals surface area contributed by atoms with Gasteiger partial charge in [-0.3, -0.25) is 35.3 Å². The van der Waals surface area contributed by atoms with Crippen LogP contribution >= 0.6 is 11.6 Å². The second-order valence-corrected chi connectivity index (χ2v) is 9.23. The molecule has 1 aromatic heterocycles. The molecule has 4 aromatic rings. The van der Waals surface area contributed by atoms with E-state index in [1.54, 1.807) is 24.3 Å². The van der Waals surface area contributed by atoms with Gasteiger partial charge in [-0.15, -0.1) is 0 Å². The molecular formula is C29H23ClN4O7. The maximum Gasteiger partial charge on any atom is 0.337 e. The van der Waals surface area contributed by atoms with Crippen LogP contribution in [0.15, 0.2) is 95.9 Å². The van der Waals surface area contributed by atoms with Crippen LogP contribution in [0.3, 0.4) is 0 Å². The number of rotatable bonds is 8. The number of ether oxygens (including phenoxy) is 1. The number of carbonyl (C=O) groups excluding carboxylic acids is 3. The zero-order valence-corrected chi connectivity index (χ0v) is 22.3. The Morgan fingerprint density at radius 2 is 1.63 bits per heavy atom. The van der Waals surface area contributed by atoms with E-state index >= 15 is 0 Å². The molecule has 1 heterocycles. The van der Waals surface area contributed by atoms with Crippen molar-refractivity contribution in [3.63, 3.8) is 0 Å². The molecule has 11 nitrogen and oxygen atoms in total. The van der Waals surface area contributed by atoms with E-state index in [-0.39, 0.29) is 39.4 Å². The largest absolute Gasteiger partial charge is 0.465 e.